The van der Waals surface area contributed by atoms with Crippen molar-refractivity contribution in [3.63, 3.8) is 0 Å². The molecule has 1 N–H and O–H groups in total. The summed E-state index contributed by atoms with van der Waals surface area (Å²) in [5.41, 5.74) is 0.789. The highest BCUT2D eigenvalue weighted by Crippen LogP contribution is 2.14. The van der Waals surface area contributed by atoms with E-state index in [4.69, 9.17) is 0 Å². The zero-order chi connectivity index (χ0) is 11.9. The topological polar surface area (TPSA) is 58.6 Å². The predicted molar refractivity (Wildman–Crippen MR) is 67.1 cm³/mol. The molecule has 0 bridgehead atoms. The molecule has 0 spiro atoms. The first kappa shape index (κ1) is 11.9. The number of carbonyl (C=O) groups excluding carboxylic acids is 1. The highest BCUT2D eigenvalue weighted by molar-refractivity contribution is 7.99. The molecule has 2 rings (SSSR count). The number of ketones is 1. The number of hydrogen-bond donors (Lipinski definition) is 1. The summed E-state index contributed by atoms with van der Waals surface area (Å²) in [6.45, 7) is 0. The third-order valence-corrected chi connectivity index (χ3v) is 3.24. The SMILES string of the molecule is O=C(CCCSc1ncn[nH]1)c1ccccc1. The molecule has 0 aliphatic heterocycles. The molecule has 0 fully saturated rings. The second kappa shape index (κ2) is 6.20. The Hall–Kier alpha value is -1.62. The van der Waals surface area contributed by atoms with E-state index in [1.807, 2.05) is 30.3 Å². The molecule has 1 heterocycles. The lowest BCUT2D eigenvalue weighted by molar-refractivity contribution is 0.0982. The van der Waals surface area contributed by atoms with Crippen LogP contribution in [0.2, 0.25) is 0 Å². The Morgan fingerprint density at radius 2 is 2.12 bits per heavy atom. The molecule has 0 saturated heterocycles. The summed E-state index contributed by atoms with van der Waals surface area (Å²) in [6, 6.07) is 9.39. The molecule has 0 atom stereocenters. The van der Waals surface area contributed by atoms with Crippen molar-refractivity contribution in [3.05, 3.63) is 42.2 Å². The predicted octanol–water partition coefficient (Wildman–Crippen LogP) is 2.56. The van der Waals surface area contributed by atoms with Crippen molar-refractivity contribution in [2.24, 2.45) is 0 Å². The quantitative estimate of drug-likeness (QED) is 0.484. The molecule has 0 radical (unpaired) electrons. The van der Waals surface area contributed by atoms with Gasteiger partial charge in [-0.2, -0.15) is 5.10 Å². The van der Waals surface area contributed by atoms with E-state index in [1.54, 1.807) is 11.8 Å². The lowest BCUT2D eigenvalue weighted by atomic mass is 10.1. The number of thioether (sulfide) groups is 1. The van der Waals surface area contributed by atoms with E-state index in [-0.39, 0.29) is 5.78 Å². The van der Waals surface area contributed by atoms with Crippen molar-refractivity contribution in [3.8, 4) is 0 Å². The van der Waals surface area contributed by atoms with E-state index in [0.29, 0.717) is 6.42 Å². The number of benzene rings is 1. The summed E-state index contributed by atoms with van der Waals surface area (Å²) in [4.78, 5) is 15.8. The van der Waals surface area contributed by atoms with E-state index >= 15 is 0 Å². The minimum Gasteiger partial charge on any atom is -0.294 e. The summed E-state index contributed by atoms with van der Waals surface area (Å²) in [5, 5.41) is 7.34. The van der Waals surface area contributed by atoms with Crippen molar-refractivity contribution in [1.29, 1.82) is 0 Å². The molecular weight excluding hydrogens is 234 g/mol. The molecule has 0 aliphatic carbocycles. The number of aromatic amines is 1. The number of hydrogen-bond acceptors (Lipinski definition) is 4. The Morgan fingerprint density at radius 1 is 1.29 bits per heavy atom. The van der Waals surface area contributed by atoms with Crippen LogP contribution in [-0.2, 0) is 0 Å². The Morgan fingerprint density at radius 3 is 2.82 bits per heavy atom. The van der Waals surface area contributed by atoms with Crippen LogP contribution in [0.15, 0.2) is 41.8 Å². The average Bonchev–Trinajstić information content (AvgIpc) is 2.88. The molecule has 2 aromatic rings. The fourth-order valence-corrected chi connectivity index (χ4v) is 2.15. The van der Waals surface area contributed by atoms with E-state index in [0.717, 1.165) is 22.9 Å². The summed E-state index contributed by atoms with van der Waals surface area (Å²) >= 11 is 1.58. The molecule has 5 heteroatoms. The average molecular weight is 247 g/mol. The highest BCUT2D eigenvalue weighted by Gasteiger charge is 2.04. The summed E-state index contributed by atoms with van der Waals surface area (Å²) in [7, 11) is 0. The molecule has 1 aromatic heterocycles. The third kappa shape index (κ3) is 3.71. The molecular formula is C12H13N3OS. The van der Waals surface area contributed by atoms with Crippen molar-refractivity contribution >= 4 is 17.5 Å². The van der Waals surface area contributed by atoms with Gasteiger partial charge in [-0.1, -0.05) is 42.1 Å². The molecule has 0 unspecified atom stereocenters. The molecule has 0 amide bonds. The zero-order valence-electron chi connectivity index (χ0n) is 9.30. The summed E-state index contributed by atoms with van der Waals surface area (Å²) in [5.74, 6) is 1.07. The number of aromatic nitrogens is 3. The Labute approximate surface area is 104 Å². The highest BCUT2D eigenvalue weighted by atomic mass is 32.2. The zero-order valence-corrected chi connectivity index (χ0v) is 10.1. The largest absolute Gasteiger partial charge is 0.294 e. The van der Waals surface area contributed by atoms with Crippen molar-refractivity contribution in [2.75, 3.05) is 5.75 Å². The molecule has 4 nitrogen and oxygen atoms in total. The van der Waals surface area contributed by atoms with E-state index in [1.165, 1.54) is 6.33 Å². The first-order chi connectivity index (χ1) is 8.36. The minimum absolute atomic E-state index is 0.198. The van der Waals surface area contributed by atoms with Crippen molar-refractivity contribution in [1.82, 2.24) is 15.2 Å². The Bertz CT molecular complexity index is 456. The third-order valence-electron chi connectivity index (χ3n) is 2.28. The van der Waals surface area contributed by atoms with Crippen molar-refractivity contribution < 1.29 is 4.79 Å². The maximum absolute atomic E-state index is 11.8. The van der Waals surface area contributed by atoms with Gasteiger partial charge in [-0.15, -0.1) is 0 Å². The van der Waals surface area contributed by atoms with Crippen LogP contribution >= 0.6 is 11.8 Å². The summed E-state index contributed by atoms with van der Waals surface area (Å²) < 4.78 is 0. The van der Waals surface area contributed by atoms with Gasteiger partial charge in [-0.25, -0.2) is 4.98 Å². The number of Topliss-reactive ketones (excluding diaryl/α,β-unsaturated/α-hetero) is 1. The Kier molecular flexibility index (Phi) is 4.32. The minimum atomic E-state index is 0.198. The van der Waals surface area contributed by atoms with Crippen LogP contribution in [0.5, 0.6) is 0 Å². The van der Waals surface area contributed by atoms with Crippen LogP contribution in [0.4, 0.5) is 0 Å². The standard InChI is InChI=1S/C12H13N3OS/c16-11(10-5-2-1-3-6-10)7-4-8-17-12-13-9-14-15-12/h1-3,5-6,9H,4,7-8H2,(H,13,14,15). The van der Waals surface area contributed by atoms with Gasteiger partial charge < -0.3 is 0 Å². The van der Waals surface area contributed by atoms with Crippen LogP contribution in [0, 0.1) is 0 Å². The molecule has 17 heavy (non-hydrogen) atoms. The Balaban J connectivity index is 1.70. The summed E-state index contributed by atoms with van der Waals surface area (Å²) in [6.07, 6.45) is 2.90. The monoisotopic (exact) mass is 247 g/mol. The second-order valence-corrected chi connectivity index (χ2v) is 4.62. The van der Waals surface area contributed by atoms with Gasteiger partial charge in [0, 0.05) is 17.7 Å². The fraction of sp³-hybridized carbons (Fsp3) is 0.250. The van der Waals surface area contributed by atoms with Gasteiger partial charge >= 0.3 is 0 Å². The van der Waals surface area contributed by atoms with E-state index in [9.17, 15) is 4.79 Å². The van der Waals surface area contributed by atoms with Crippen LogP contribution in [0.1, 0.15) is 23.2 Å². The van der Waals surface area contributed by atoms with Gasteiger partial charge in [0.15, 0.2) is 10.9 Å². The first-order valence-corrected chi connectivity index (χ1v) is 6.41. The van der Waals surface area contributed by atoms with Gasteiger partial charge in [-0.05, 0) is 6.42 Å². The first-order valence-electron chi connectivity index (χ1n) is 5.42. The van der Waals surface area contributed by atoms with Crippen molar-refractivity contribution in [2.45, 2.75) is 18.0 Å². The van der Waals surface area contributed by atoms with Crippen LogP contribution < -0.4 is 0 Å². The van der Waals surface area contributed by atoms with Gasteiger partial charge in [0.05, 0.1) is 0 Å². The molecule has 88 valence electrons. The fourth-order valence-electron chi connectivity index (χ4n) is 1.43. The van der Waals surface area contributed by atoms with Gasteiger partial charge in [-0.3, -0.25) is 9.89 Å². The maximum atomic E-state index is 11.8. The normalized spacial score (nSPS) is 10.4. The van der Waals surface area contributed by atoms with E-state index in [2.05, 4.69) is 15.2 Å². The van der Waals surface area contributed by atoms with Gasteiger partial charge in [0.25, 0.3) is 0 Å². The lowest BCUT2D eigenvalue weighted by Crippen LogP contribution is -1.99. The smallest absolute Gasteiger partial charge is 0.183 e. The van der Waals surface area contributed by atoms with E-state index < -0.39 is 0 Å². The van der Waals surface area contributed by atoms with Gasteiger partial charge in [0.1, 0.15) is 6.33 Å². The number of H-pyrrole nitrogens is 1. The van der Waals surface area contributed by atoms with Crippen LogP contribution in [0.25, 0.3) is 0 Å². The number of nitrogens with zero attached hydrogens (tertiary/aromatic N) is 2. The van der Waals surface area contributed by atoms with Crippen LogP contribution in [-0.4, -0.2) is 26.7 Å². The lowest BCUT2D eigenvalue weighted by Gasteiger charge is -2.00. The number of rotatable bonds is 6. The second-order valence-electron chi connectivity index (χ2n) is 3.53. The molecule has 1 aromatic carbocycles. The molecule has 0 aliphatic rings. The number of nitrogens with one attached hydrogen (secondary N) is 1. The molecule has 0 saturated carbocycles. The number of carbonyl (C=O) groups is 1. The maximum Gasteiger partial charge on any atom is 0.183 e. The van der Waals surface area contributed by atoms with Gasteiger partial charge in [0.2, 0.25) is 0 Å². The van der Waals surface area contributed by atoms with Crippen LogP contribution in [0.3, 0.4) is 0 Å².